The molecule has 1 N–H and O–H groups in total. The standard InChI is InChI=1S/C17H16F2O/c18-15-9-3-6-13(16(15)19)11-17(20)10-4-7-12-5-1-2-8-14(12)17/h1-3,5-6,8-9,20H,4,7,10-11H2. The zero-order valence-electron chi connectivity index (χ0n) is 11.1. The molecule has 104 valence electrons. The highest BCUT2D eigenvalue weighted by Gasteiger charge is 2.35. The van der Waals surface area contributed by atoms with E-state index < -0.39 is 17.2 Å². The van der Waals surface area contributed by atoms with Gasteiger partial charge in [-0.15, -0.1) is 0 Å². The summed E-state index contributed by atoms with van der Waals surface area (Å²) in [5.41, 5.74) is 1.06. The predicted molar refractivity (Wildman–Crippen MR) is 73.3 cm³/mol. The van der Waals surface area contributed by atoms with Gasteiger partial charge >= 0.3 is 0 Å². The van der Waals surface area contributed by atoms with Gasteiger partial charge in [0.15, 0.2) is 11.6 Å². The first-order valence-corrected chi connectivity index (χ1v) is 6.84. The molecule has 0 radical (unpaired) electrons. The second kappa shape index (κ2) is 4.98. The summed E-state index contributed by atoms with van der Waals surface area (Å²) < 4.78 is 27.1. The van der Waals surface area contributed by atoms with E-state index in [1.807, 2.05) is 24.3 Å². The molecule has 0 bridgehead atoms. The van der Waals surface area contributed by atoms with E-state index in [2.05, 4.69) is 0 Å². The van der Waals surface area contributed by atoms with Crippen LogP contribution in [0.5, 0.6) is 0 Å². The van der Waals surface area contributed by atoms with Crippen LogP contribution in [0.4, 0.5) is 8.78 Å². The van der Waals surface area contributed by atoms with Crippen LogP contribution in [0.2, 0.25) is 0 Å². The predicted octanol–water partition coefficient (Wildman–Crippen LogP) is 3.73. The van der Waals surface area contributed by atoms with E-state index in [1.54, 1.807) is 0 Å². The van der Waals surface area contributed by atoms with Crippen molar-refractivity contribution >= 4 is 0 Å². The summed E-state index contributed by atoms with van der Waals surface area (Å²) in [4.78, 5) is 0. The van der Waals surface area contributed by atoms with Gasteiger partial charge in [-0.3, -0.25) is 0 Å². The monoisotopic (exact) mass is 274 g/mol. The lowest BCUT2D eigenvalue weighted by Gasteiger charge is -2.34. The van der Waals surface area contributed by atoms with Gasteiger partial charge < -0.3 is 5.11 Å². The number of fused-ring (bicyclic) bond motifs is 1. The molecule has 0 aliphatic heterocycles. The Morgan fingerprint density at radius 3 is 2.70 bits per heavy atom. The van der Waals surface area contributed by atoms with E-state index in [4.69, 9.17) is 0 Å². The van der Waals surface area contributed by atoms with E-state index in [0.717, 1.165) is 30.0 Å². The first kappa shape index (κ1) is 13.3. The number of aryl methyl sites for hydroxylation is 1. The Labute approximate surface area is 116 Å². The molecule has 2 aromatic carbocycles. The van der Waals surface area contributed by atoms with Gasteiger partial charge in [0.05, 0.1) is 5.60 Å². The van der Waals surface area contributed by atoms with E-state index in [0.29, 0.717) is 6.42 Å². The maximum Gasteiger partial charge on any atom is 0.162 e. The van der Waals surface area contributed by atoms with Crippen molar-refractivity contribution in [1.82, 2.24) is 0 Å². The van der Waals surface area contributed by atoms with Crippen LogP contribution in [-0.2, 0) is 18.4 Å². The zero-order valence-corrected chi connectivity index (χ0v) is 11.1. The molecule has 0 aromatic heterocycles. The zero-order chi connectivity index (χ0) is 14.2. The van der Waals surface area contributed by atoms with Crippen molar-refractivity contribution in [1.29, 1.82) is 0 Å². The van der Waals surface area contributed by atoms with E-state index in [1.165, 1.54) is 12.1 Å². The molecule has 0 fully saturated rings. The number of hydrogen-bond acceptors (Lipinski definition) is 1. The fourth-order valence-corrected chi connectivity index (χ4v) is 3.08. The SMILES string of the molecule is OC1(Cc2cccc(F)c2F)CCCc2ccccc21. The molecule has 1 atom stereocenters. The van der Waals surface area contributed by atoms with Gasteiger partial charge in [-0.05, 0) is 42.0 Å². The first-order valence-electron chi connectivity index (χ1n) is 6.84. The second-order valence-corrected chi connectivity index (χ2v) is 5.43. The third-order valence-corrected chi connectivity index (χ3v) is 4.07. The van der Waals surface area contributed by atoms with Gasteiger partial charge in [0.25, 0.3) is 0 Å². The quantitative estimate of drug-likeness (QED) is 0.884. The van der Waals surface area contributed by atoms with Crippen molar-refractivity contribution < 1.29 is 13.9 Å². The summed E-state index contributed by atoms with van der Waals surface area (Å²) in [7, 11) is 0. The lowest BCUT2D eigenvalue weighted by Crippen LogP contribution is -2.33. The van der Waals surface area contributed by atoms with Gasteiger partial charge in [-0.25, -0.2) is 8.78 Å². The van der Waals surface area contributed by atoms with Crippen LogP contribution < -0.4 is 0 Å². The summed E-state index contributed by atoms with van der Waals surface area (Å²) in [6.07, 6.45) is 2.45. The highest BCUT2D eigenvalue weighted by molar-refractivity contribution is 5.36. The minimum atomic E-state index is -1.11. The lowest BCUT2D eigenvalue weighted by atomic mass is 9.76. The van der Waals surface area contributed by atoms with Crippen LogP contribution in [0.3, 0.4) is 0 Å². The molecule has 1 aliphatic rings. The van der Waals surface area contributed by atoms with Crippen LogP contribution >= 0.6 is 0 Å². The molecule has 20 heavy (non-hydrogen) atoms. The number of benzene rings is 2. The fraction of sp³-hybridized carbons (Fsp3) is 0.294. The van der Waals surface area contributed by atoms with Crippen LogP contribution in [0.15, 0.2) is 42.5 Å². The molecule has 0 saturated heterocycles. The van der Waals surface area contributed by atoms with Crippen molar-refractivity contribution in [3.05, 3.63) is 70.8 Å². The van der Waals surface area contributed by atoms with Crippen molar-refractivity contribution in [2.75, 3.05) is 0 Å². The number of hydrogen-bond donors (Lipinski definition) is 1. The number of halogens is 2. The highest BCUT2D eigenvalue weighted by atomic mass is 19.2. The van der Waals surface area contributed by atoms with Crippen LogP contribution in [0.25, 0.3) is 0 Å². The minimum absolute atomic E-state index is 0.105. The topological polar surface area (TPSA) is 20.2 Å². The van der Waals surface area contributed by atoms with Gasteiger partial charge in [0.1, 0.15) is 0 Å². The van der Waals surface area contributed by atoms with E-state index in [-0.39, 0.29) is 12.0 Å². The van der Waals surface area contributed by atoms with Gasteiger partial charge in [-0.2, -0.15) is 0 Å². The summed E-state index contributed by atoms with van der Waals surface area (Å²) in [6, 6.07) is 11.8. The number of rotatable bonds is 2. The minimum Gasteiger partial charge on any atom is -0.385 e. The Hall–Kier alpha value is -1.74. The molecule has 1 unspecified atom stereocenters. The van der Waals surface area contributed by atoms with Crippen LogP contribution in [0.1, 0.15) is 29.5 Å². The van der Waals surface area contributed by atoms with Crippen molar-refractivity contribution in [2.45, 2.75) is 31.3 Å². The molecule has 3 rings (SSSR count). The molecular formula is C17H16F2O. The maximum absolute atomic E-state index is 13.8. The fourth-order valence-electron chi connectivity index (χ4n) is 3.08. The van der Waals surface area contributed by atoms with Gasteiger partial charge in [-0.1, -0.05) is 36.4 Å². The molecule has 1 aliphatic carbocycles. The van der Waals surface area contributed by atoms with Gasteiger partial charge in [0, 0.05) is 6.42 Å². The smallest absolute Gasteiger partial charge is 0.162 e. The van der Waals surface area contributed by atoms with Crippen molar-refractivity contribution in [2.24, 2.45) is 0 Å². The second-order valence-electron chi connectivity index (χ2n) is 5.43. The van der Waals surface area contributed by atoms with E-state index >= 15 is 0 Å². The van der Waals surface area contributed by atoms with Crippen molar-refractivity contribution in [3.63, 3.8) is 0 Å². The molecule has 0 saturated carbocycles. The Balaban J connectivity index is 2.00. The van der Waals surface area contributed by atoms with Crippen molar-refractivity contribution in [3.8, 4) is 0 Å². The molecule has 2 aromatic rings. The van der Waals surface area contributed by atoms with Crippen LogP contribution in [0, 0.1) is 11.6 Å². The Kier molecular flexibility index (Phi) is 3.30. The molecule has 1 nitrogen and oxygen atoms in total. The summed E-state index contributed by atoms with van der Waals surface area (Å²) in [6.45, 7) is 0. The Bertz CT molecular complexity index is 639. The number of aliphatic hydroxyl groups is 1. The highest BCUT2D eigenvalue weighted by Crippen LogP contribution is 2.38. The van der Waals surface area contributed by atoms with Gasteiger partial charge in [0.2, 0.25) is 0 Å². The van der Waals surface area contributed by atoms with E-state index in [9.17, 15) is 13.9 Å². The average molecular weight is 274 g/mol. The average Bonchev–Trinajstić information content (AvgIpc) is 2.44. The third kappa shape index (κ3) is 2.22. The third-order valence-electron chi connectivity index (χ3n) is 4.07. The maximum atomic E-state index is 13.8. The lowest BCUT2D eigenvalue weighted by molar-refractivity contribution is 0.0181. The molecule has 0 heterocycles. The summed E-state index contributed by atoms with van der Waals surface area (Å²) >= 11 is 0. The molecule has 0 spiro atoms. The summed E-state index contributed by atoms with van der Waals surface area (Å²) in [5.74, 6) is -1.72. The first-order chi connectivity index (χ1) is 9.60. The summed E-state index contributed by atoms with van der Waals surface area (Å²) in [5, 5.41) is 10.9. The van der Waals surface area contributed by atoms with Crippen LogP contribution in [-0.4, -0.2) is 5.11 Å². The molecule has 0 amide bonds. The normalized spacial score (nSPS) is 21.6. The molecular weight excluding hydrogens is 258 g/mol. The Morgan fingerprint density at radius 1 is 1.05 bits per heavy atom. The molecule has 3 heteroatoms. The Morgan fingerprint density at radius 2 is 1.85 bits per heavy atom. The largest absolute Gasteiger partial charge is 0.385 e.